The van der Waals surface area contributed by atoms with Crippen molar-refractivity contribution >= 4 is 0 Å². The van der Waals surface area contributed by atoms with Gasteiger partial charge in [0, 0.05) is 12.1 Å². The zero-order chi connectivity index (χ0) is 10.8. The molecular weight excluding hydrogens is 197 g/mol. The van der Waals surface area contributed by atoms with Crippen LogP contribution >= 0.6 is 0 Å². The fraction of sp³-hybridized carbons (Fsp3) is 0.455. The zero-order valence-electron chi connectivity index (χ0n) is 8.33. The SMILES string of the molecule is Oc1cc(CC2CCCN2)c(O)cc1F. The van der Waals surface area contributed by atoms with Crippen LogP contribution in [0.25, 0.3) is 0 Å². The average molecular weight is 211 g/mol. The van der Waals surface area contributed by atoms with Gasteiger partial charge < -0.3 is 15.5 Å². The molecule has 1 heterocycles. The molecule has 1 fully saturated rings. The molecule has 1 aromatic rings. The Kier molecular flexibility index (Phi) is 2.77. The number of phenols is 2. The first-order valence-corrected chi connectivity index (χ1v) is 5.10. The number of hydrogen-bond acceptors (Lipinski definition) is 3. The maximum Gasteiger partial charge on any atom is 0.168 e. The van der Waals surface area contributed by atoms with E-state index < -0.39 is 11.6 Å². The fourth-order valence-electron chi connectivity index (χ4n) is 1.95. The highest BCUT2D eigenvalue weighted by atomic mass is 19.1. The smallest absolute Gasteiger partial charge is 0.168 e. The van der Waals surface area contributed by atoms with Crippen LogP contribution in [0.1, 0.15) is 18.4 Å². The summed E-state index contributed by atoms with van der Waals surface area (Å²) >= 11 is 0. The van der Waals surface area contributed by atoms with Gasteiger partial charge in [-0.25, -0.2) is 4.39 Å². The van der Waals surface area contributed by atoms with Gasteiger partial charge in [-0.3, -0.25) is 0 Å². The molecule has 0 amide bonds. The predicted octanol–water partition coefficient (Wildman–Crippen LogP) is 1.53. The molecule has 0 radical (unpaired) electrons. The normalized spacial score (nSPS) is 20.7. The third kappa shape index (κ3) is 2.21. The number of halogens is 1. The zero-order valence-corrected chi connectivity index (χ0v) is 8.33. The number of benzene rings is 1. The summed E-state index contributed by atoms with van der Waals surface area (Å²) in [6, 6.07) is 2.57. The van der Waals surface area contributed by atoms with Crippen LogP contribution in [0.5, 0.6) is 11.5 Å². The highest BCUT2D eigenvalue weighted by molar-refractivity contribution is 5.40. The maximum atomic E-state index is 12.8. The van der Waals surface area contributed by atoms with Crippen molar-refractivity contribution in [1.82, 2.24) is 5.32 Å². The molecule has 2 rings (SSSR count). The van der Waals surface area contributed by atoms with Crippen molar-refractivity contribution in [3.8, 4) is 11.5 Å². The number of rotatable bonds is 2. The van der Waals surface area contributed by atoms with Crippen molar-refractivity contribution in [1.29, 1.82) is 0 Å². The monoisotopic (exact) mass is 211 g/mol. The molecule has 0 bridgehead atoms. The van der Waals surface area contributed by atoms with Gasteiger partial charge in [0.05, 0.1) is 0 Å². The Hall–Kier alpha value is -1.29. The van der Waals surface area contributed by atoms with E-state index in [1.807, 2.05) is 0 Å². The van der Waals surface area contributed by atoms with Crippen molar-refractivity contribution < 1.29 is 14.6 Å². The van der Waals surface area contributed by atoms with Gasteiger partial charge in [-0.05, 0) is 37.4 Å². The van der Waals surface area contributed by atoms with Crippen LogP contribution < -0.4 is 5.32 Å². The van der Waals surface area contributed by atoms with E-state index in [0.29, 0.717) is 18.0 Å². The van der Waals surface area contributed by atoms with Gasteiger partial charge in [0.1, 0.15) is 5.75 Å². The summed E-state index contributed by atoms with van der Waals surface area (Å²) < 4.78 is 12.8. The summed E-state index contributed by atoms with van der Waals surface area (Å²) in [4.78, 5) is 0. The van der Waals surface area contributed by atoms with Crippen LogP contribution in [-0.2, 0) is 6.42 Å². The number of aromatic hydroxyl groups is 2. The van der Waals surface area contributed by atoms with E-state index in [0.717, 1.165) is 25.5 Å². The van der Waals surface area contributed by atoms with Crippen LogP contribution in [0.4, 0.5) is 4.39 Å². The third-order valence-corrected chi connectivity index (χ3v) is 2.78. The molecule has 1 unspecified atom stereocenters. The second-order valence-electron chi connectivity index (χ2n) is 3.93. The quantitative estimate of drug-likeness (QED) is 0.650. The molecule has 15 heavy (non-hydrogen) atoms. The van der Waals surface area contributed by atoms with Crippen LogP contribution in [-0.4, -0.2) is 22.8 Å². The Morgan fingerprint density at radius 2 is 2.13 bits per heavy atom. The fourth-order valence-corrected chi connectivity index (χ4v) is 1.95. The van der Waals surface area contributed by atoms with E-state index in [1.165, 1.54) is 6.07 Å². The summed E-state index contributed by atoms with van der Waals surface area (Å²) in [6.45, 7) is 0.985. The lowest BCUT2D eigenvalue weighted by molar-refractivity contribution is 0.415. The van der Waals surface area contributed by atoms with E-state index in [4.69, 9.17) is 0 Å². The molecular formula is C11H14FNO2. The molecule has 0 aromatic heterocycles. The van der Waals surface area contributed by atoms with E-state index in [-0.39, 0.29) is 5.75 Å². The molecule has 3 N–H and O–H groups in total. The molecule has 1 saturated heterocycles. The molecule has 3 nitrogen and oxygen atoms in total. The second kappa shape index (κ2) is 4.06. The lowest BCUT2D eigenvalue weighted by atomic mass is 10.0. The van der Waals surface area contributed by atoms with Crippen molar-refractivity contribution in [3.05, 3.63) is 23.5 Å². The molecule has 0 saturated carbocycles. The Balaban J connectivity index is 2.16. The van der Waals surface area contributed by atoms with Gasteiger partial charge in [0.25, 0.3) is 0 Å². The first kappa shape index (κ1) is 10.2. The highest BCUT2D eigenvalue weighted by Gasteiger charge is 2.17. The number of nitrogens with one attached hydrogen (secondary N) is 1. The lowest BCUT2D eigenvalue weighted by Crippen LogP contribution is -2.23. The molecule has 4 heteroatoms. The Labute approximate surface area is 87.6 Å². The maximum absolute atomic E-state index is 12.8. The third-order valence-electron chi connectivity index (χ3n) is 2.78. The van der Waals surface area contributed by atoms with Gasteiger partial charge in [0.15, 0.2) is 11.6 Å². The summed E-state index contributed by atoms with van der Waals surface area (Å²) in [6.07, 6.45) is 2.80. The molecule has 0 spiro atoms. The Bertz CT molecular complexity index is 362. The molecule has 82 valence electrons. The minimum atomic E-state index is -0.782. The van der Waals surface area contributed by atoms with Gasteiger partial charge in [0.2, 0.25) is 0 Å². The second-order valence-corrected chi connectivity index (χ2v) is 3.93. The Morgan fingerprint density at radius 3 is 2.80 bits per heavy atom. The van der Waals surface area contributed by atoms with Gasteiger partial charge >= 0.3 is 0 Å². The van der Waals surface area contributed by atoms with E-state index >= 15 is 0 Å². The minimum Gasteiger partial charge on any atom is -0.508 e. The van der Waals surface area contributed by atoms with Crippen LogP contribution in [0.2, 0.25) is 0 Å². The highest BCUT2D eigenvalue weighted by Crippen LogP contribution is 2.27. The predicted molar refractivity (Wildman–Crippen MR) is 54.5 cm³/mol. The van der Waals surface area contributed by atoms with Crippen molar-refractivity contribution in [2.45, 2.75) is 25.3 Å². The van der Waals surface area contributed by atoms with Crippen LogP contribution in [0.15, 0.2) is 12.1 Å². The molecule has 1 aliphatic rings. The molecule has 1 atom stereocenters. The Morgan fingerprint density at radius 1 is 1.33 bits per heavy atom. The number of hydrogen-bond donors (Lipinski definition) is 3. The summed E-state index contributed by atoms with van der Waals surface area (Å²) in [5.41, 5.74) is 0.591. The van der Waals surface area contributed by atoms with Crippen LogP contribution in [0.3, 0.4) is 0 Å². The van der Waals surface area contributed by atoms with Gasteiger partial charge in [-0.2, -0.15) is 0 Å². The van der Waals surface area contributed by atoms with Crippen molar-refractivity contribution in [3.63, 3.8) is 0 Å². The summed E-state index contributed by atoms with van der Waals surface area (Å²) in [5.74, 6) is -1.27. The molecule has 1 aromatic carbocycles. The topological polar surface area (TPSA) is 52.5 Å². The summed E-state index contributed by atoms with van der Waals surface area (Å²) in [7, 11) is 0. The largest absolute Gasteiger partial charge is 0.508 e. The van der Waals surface area contributed by atoms with Gasteiger partial charge in [-0.15, -0.1) is 0 Å². The summed E-state index contributed by atoms with van der Waals surface area (Å²) in [5, 5.41) is 22.0. The number of phenolic OH excluding ortho intramolecular Hbond substituents is 2. The standard InChI is InChI=1S/C11H14FNO2/c12-9-6-10(14)7(5-11(9)15)4-8-2-1-3-13-8/h5-6,8,13-15H,1-4H2. The average Bonchev–Trinajstić information content (AvgIpc) is 2.67. The first-order chi connectivity index (χ1) is 7.16. The lowest BCUT2D eigenvalue weighted by Gasteiger charge is -2.11. The van der Waals surface area contributed by atoms with E-state index in [1.54, 1.807) is 0 Å². The molecule has 0 aliphatic carbocycles. The van der Waals surface area contributed by atoms with E-state index in [2.05, 4.69) is 5.32 Å². The minimum absolute atomic E-state index is 0.0843. The van der Waals surface area contributed by atoms with Crippen molar-refractivity contribution in [2.24, 2.45) is 0 Å². The van der Waals surface area contributed by atoms with E-state index in [9.17, 15) is 14.6 Å². The first-order valence-electron chi connectivity index (χ1n) is 5.10. The van der Waals surface area contributed by atoms with Gasteiger partial charge in [-0.1, -0.05) is 0 Å². The van der Waals surface area contributed by atoms with Crippen LogP contribution in [0, 0.1) is 5.82 Å². The molecule has 1 aliphatic heterocycles. The van der Waals surface area contributed by atoms with Crippen molar-refractivity contribution in [2.75, 3.05) is 6.54 Å².